The molecular weight excluding hydrogens is 292 g/mol. The highest BCUT2D eigenvalue weighted by atomic mass is 35.5. The topological polar surface area (TPSA) is 49.4 Å². The minimum absolute atomic E-state index is 0.110. The Morgan fingerprint density at radius 1 is 1.39 bits per heavy atom. The van der Waals surface area contributed by atoms with Crippen LogP contribution in [0.1, 0.15) is 0 Å². The number of halogens is 1. The fourth-order valence-electron chi connectivity index (χ4n) is 2.53. The fourth-order valence-corrected chi connectivity index (χ4v) is 5.00. The Kier molecular flexibility index (Phi) is 2.76. The molecule has 3 rings (SSSR count). The first-order valence-corrected chi connectivity index (χ1v) is 8.13. The van der Waals surface area contributed by atoms with Crippen molar-refractivity contribution in [2.24, 2.45) is 0 Å². The summed E-state index contributed by atoms with van der Waals surface area (Å²) in [6.07, 6.45) is 0. The van der Waals surface area contributed by atoms with Gasteiger partial charge >= 0.3 is 0 Å². The highest BCUT2D eigenvalue weighted by Gasteiger charge is 2.47. The van der Waals surface area contributed by atoms with Crippen molar-refractivity contribution >= 4 is 44.5 Å². The van der Waals surface area contributed by atoms with Gasteiger partial charge in [-0.25, -0.2) is 8.42 Å². The molecule has 0 amide bonds. The van der Waals surface area contributed by atoms with Crippen LogP contribution in [0.25, 0.3) is 0 Å². The van der Waals surface area contributed by atoms with Crippen LogP contribution in [0, 0.1) is 0 Å². The third-order valence-corrected chi connectivity index (χ3v) is 5.53. The van der Waals surface area contributed by atoms with E-state index in [2.05, 4.69) is 5.32 Å². The Bertz CT molecular complexity index is 617. The summed E-state index contributed by atoms with van der Waals surface area (Å²) in [5.74, 6) is 0.284. The van der Waals surface area contributed by atoms with Crippen LogP contribution >= 0.6 is 23.8 Å². The zero-order chi connectivity index (χ0) is 12.9. The third kappa shape index (κ3) is 1.98. The largest absolute Gasteiger partial charge is 0.356 e. The van der Waals surface area contributed by atoms with Gasteiger partial charge in [0.25, 0.3) is 0 Å². The van der Waals surface area contributed by atoms with Gasteiger partial charge in [-0.2, -0.15) is 0 Å². The van der Waals surface area contributed by atoms with E-state index in [1.54, 1.807) is 12.1 Å². The molecule has 7 heteroatoms. The van der Waals surface area contributed by atoms with E-state index in [-0.39, 0.29) is 23.6 Å². The van der Waals surface area contributed by atoms with Gasteiger partial charge in [0.1, 0.15) is 0 Å². The molecular formula is C11H11ClN2O2S2. The first kappa shape index (κ1) is 12.2. The van der Waals surface area contributed by atoms with Crippen molar-refractivity contribution in [1.82, 2.24) is 5.32 Å². The van der Waals surface area contributed by atoms with Gasteiger partial charge in [0.05, 0.1) is 23.6 Å². The second-order valence-corrected chi connectivity index (χ2v) is 7.53. The molecule has 4 nitrogen and oxygen atoms in total. The Morgan fingerprint density at radius 2 is 2.17 bits per heavy atom. The summed E-state index contributed by atoms with van der Waals surface area (Å²) in [6.45, 7) is 0. The lowest BCUT2D eigenvalue weighted by Gasteiger charge is -2.23. The van der Waals surface area contributed by atoms with Gasteiger partial charge in [0, 0.05) is 10.7 Å². The molecule has 2 aliphatic heterocycles. The van der Waals surface area contributed by atoms with Crippen molar-refractivity contribution < 1.29 is 8.42 Å². The van der Waals surface area contributed by atoms with Gasteiger partial charge in [-0.15, -0.1) is 0 Å². The Hall–Kier alpha value is -0.850. The monoisotopic (exact) mass is 302 g/mol. The van der Waals surface area contributed by atoms with Crippen molar-refractivity contribution in [2.45, 2.75) is 12.1 Å². The summed E-state index contributed by atoms with van der Waals surface area (Å²) >= 11 is 11.2. The lowest BCUT2D eigenvalue weighted by atomic mass is 10.1. The van der Waals surface area contributed by atoms with Crippen LogP contribution in [0.2, 0.25) is 5.02 Å². The molecule has 96 valence electrons. The molecule has 0 aliphatic carbocycles. The summed E-state index contributed by atoms with van der Waals surface area (Å²) < 4.78 is 23.3. The number of thiocarbonyl (C=S) groups is 1. The van der Waals surface area contributed by atoms with E-state index in [0.29, 0.717) is 10.1 Å². The van der Waals surface area contributed by atoms with Gasteiger partial charge in [-0.1, -0.05) is 17.7 Å². The van der Waals surface area contributed by atoms with E-state index in [1.165, 1.54) is 0 Å². The number of nitrogens with one attached hydrogen (secondary N) is 1. The van der Waals surface area contributed by atoms with Crippen molar-refractivity contribution in [3.8, 4) is 0 Å². The van der Waals surface area contributed by atoms with Crippen LogP contribution in [0.4, 0.5) is 5.69 Å². The molecule has 2 saturated heterocycles. The van der Waals surface area contributed by atoms with Crippen molar-refractivity contribution in [3.63, 3.8) is 0 Å². The van der Waals surface area contributed by atoms with E-state index in [9.17, 15) is 8.42 Å². The maximum absolute atomic E-state index is 11.7. The van der Waals surface area contributed by atoms with Crippen LogP contribution < -0.4 is 10.2 Å². The van der Waals surface area contributed by atoms with Gasteiger partial charge in [0.2, 0.25) is 0 Å². The maximum atomic E-state index is 11.7. The van der Waals surface area contributed by atoms with Crippen LogP contribution in [0.3, 0.4) is 0 Å². The third-order valence-electron chi connectivity index (χ3n) is 3.27. The predicted octanol–water partition coefficient (Wildman–Crippen LogP) is 1.20. The summed E-state index contributed by atoms with van der Waals surface area (Å²) in [4.78, 5) is 1.86. The minimum atomic E-state index is -2.98. The number of sulfone groups is 1. The lowest BCUT2D eigenvalue weighted by molar-refractivity contribution is 0.600. The summed E-state index contributed by atoms with van der Waals surface area (Å²) in [5.41, 5.74) is 0.838. The molecule has 18 heavy (non-hydrogen) atoms. The first-order chi connectivity index (χ1) is 8.46. The molecule has 0 bridgehead atoms. The minimum Gasteiger partial charge on any atom is -0.356 e. The molecule has 1 aromatic rings. The average Bonchev–Trinajstić information content (AvgIpc) is 2.68. The van der Waals surface area contributed by atoms with Crippen molar-refractivity contribution in [1.29, 1.82) is 0 Å². The number of fused-ring (bicyclic) bond motifs is 1. The Morgan fingerprint density at radius 3 is 2.89 bits per heavy atom. The van der Waals surface area contributed by atoms with Crippen LogP contribution in [0.5, 0.6) is 0 Å². The number of hydrogen-bond donors (Lipinski definition) is 1. The molecule has 1 N–H and O–H groups in total. The molecule has 2 aliphatic rings. The molecule has 0 aromatic heterocycles. The smallest absolute Gasteiger partial charge is 0.174 e. The standard InChI is InChI=1S/C11H11ClN2O2S2/c12-7-2-1-3-8(4-7)14-10-6-18(15,16)5-9(10)13-11(14)17/h1-4,9-10H,5-6H2,(H,13,17). The van der Waals surface area contributed by atoms with E-state index in [1.807, 2.05) is 17.0 Å². The number of anilines is 1. The number of hydrogen-bond acceptors (Lipinski definition) is 3. The van der Waals surface area contributed by atoms with Crippen molar-refractivity contribution in [2.75, 3.05) is 16.4 Å². The van der Waals surface area contributed by atoms with Gasteiger partial charge < -0.3 is 10.2 Å². The van der Waals surface area contributed by atoms with Crippen LogP contribution in [-0.4, -0.2) is 37.1 Å². The Labute approximate surface area is 116 Å². The normalized spacial score (nSPS) is 29.2. The number of rotatable bonds is 1. The molecule has 2 unspecified atom stereocenters. The molecule has 2 fully saturated rings. The van der Waals surface area contributed by atoms with Crippen LogP contribution in [-0.2, 0) is 9.84 Å². The Balaban J connectivity index is 1.99. The summed E-state index contributed by atoms with van der Waals surface area (Å²) in [7, 11) is -2.98. The highest BCUT2D eigenvalue weighted by molar-refractivity contribution is 7.91. The fraction of sp³-hybridized carbons (Fsp3) is 0.364. The highest BCUT2D eigenvalue weighted by Crippen LogP contribution is 2.30. The van der Waals surface area contributed by atoms with E-state index >= 15 is 0 Å². The van der Waals surface area contributed by atoms with Gasteiger partial charge in [-0.3, -0.25) is 0 Å². The molecule has 0 radical (unpaired) electrons. The van der Waals surface area contributed by atoms with E-state index in [0.717, 1.165) is 5.69 Å². The van der Waals surface area contributed by atoms with Crippen LogP contribution in [0.15, 0.2) is 24.3 Å². The molecule has 0 saturated carbocycles. The van der Waals surface area contributed by atoms with E-state index in [4.69, 9.17) is 23.8 Å². The lowest BCUT2D eigenvalue weighted by Crippen LogP contribution is -2.36. The molecule has 0 spiro atoms. The molecule has 1 aromatic carbocycles. The zero-order valence-electron chi connectivity index (χ0n) is 9.34. The molecule has 2 heterocycles. The second-order valence-electron chi connectivity index (χ2n) is 4.55. The quantitative estimate of drug-likeness (QED) is 0.790. The second kappa shape index (κ2) is 4.08. The van der Waals surface area contributed by atoms with Gasteiger partial charge in [0.15, 0.2) is 14.9 Å². The van der Waals surface area contributed by atoms with Crippen molar-refractivity contribution in [3.05, 3.63) is 29.3 Å². The molecule has 2 atom stereocenters. The summed E-state index contributed by atoms with van der Waals surface area (Å²) in [5, 5.41) is 4.26. The van der Waals surface area contributed by atoms with E-state index < -0.39 is 9.84 Å². The maximum Gasteiger partial charge on any atom is 0.174 e. The SMILES string of the molecule is O=S1(=O)CC2NC(=S)N(c3cccc(Cl)c3)C2C1. The average molecular weight is 303 g/mol. The number of benzene rings is 1. The number of nitrogens with zero attached hydrogens (tertiary/aromatic N) is 1. The first-order valence-electron chi connectivity index (χ1n) is 5.52. The predicted molar refractivity (Wildman–Crippen MR) is 75.9 cm³/mol. The summed E-state index contributed by atoms with van der Waals surface area (Å²) in [6, 6.07) is 7.05. The van der Waals surface area contributed by atoms with Gasteiger partial charge in [-0.05, 0) is 30.4 Å². The zero-order valence-corrected chi connectivity index (χ0v) is 11.7.